The second kappa shape index (κ2) is 7.29. The van der Waals surface area contributed by atoms with Crippen LogP contribution in [0.25, 0.3) is 17.2 Å². The van der Waals surface area contributed by atoms with E-state index in [0.29, 0.717) is 5.92 Å². The van der Waals surface area contributed by atoms with Gasteiger partial charge in [0.1, 0.15) is 0 Å². The summed E-state index contributed by atoms with van der Waals surface area (Å²) >= 11 is 0. The minimum atomic E-state index is -0.0986. The molecule has 0 radical (unpaired) electrons. The Labute approximate surface area is 211 Å². The van der Waals surface area contributed by atoms with E-state index in [1.165, 1.54) is 39.1 Å². The Kier molecular flexibility index (Phi) is 4.01. The van der Waals surface area contributed by atoms with Crippen LogP contribution in [0.2, 0.25) is 0 Å². The van der Waals surface area contributed by atoms with Gasteiger partial charge in [-0.15, -0.1) is 0 Å². The molecule has 0 aliphatic heterocycles. The first-order valence-electron chi connectivity index (χ1n) is 12.7. The first kappa shape index (κ1) is 19.8. The zero-order valence-corrected chi connectivity index (χ0v) is 19.8. The van der Waals surface area contributed by atoms with Gasteiger partial charge in [0.25, 0.3) is 0 Å². The number of hydrogen-bond acceptors (Lipinski definition) is 2. The Morgan fingerprint density at radius 2 is 1.39 bits per heavy atom. The smallest absolute Gasteiger partial charge is 0.0539 e. The summed E-state index contributed by atoms with van der Waals surface area (Å²) in [6, 6.07) is 37.8. The molecule has 1 unspecified atom stereocenters. The average molecular weight is 461 g/mol. The van der Waals surface area contributed by atoms with E-state index in [2.05, 4.69) is 125 Å². The Balaban J connectivity index is 1.40. The lowest BCUT2D eigenvalue weighted by atomic mass is 9.49. The van der Waals surface area contributed by atoms with Crippen molar-refractivity contribution in [1.29, 1.82) is 0 Å². The molecule has 2 nitrogen and oxygen atoms in total. The molecule has 0 N–H and O–H groups in total. The summed E-state index contributed by atoms with van der Waals surface area (Å²) in [6.07, 6.45) is 9.49. The summed E-state index contributed by atoms with van der Waals surface area (Å²) in [5.41, 5.74) is 13.4. The molecule has 0 fully saturated rings. The zero-order valence-electron chi connectivity index (χ0n) is 19.8. The molecule has 0 saturated heterocycles. The molecule has 36 heavy (non-hydrogen) atoms. The molecule has 0 amide bonds. The van der Waals surface area contributed by atoms with Crippen LogP contribution in [0, 0.1) is 0 Å². The molecule has 2 atom stereocenters. The molecule has 0 saturated carbocycles. The Bertz CT molecular complexity index is 1630. The van der Waals surface area contributed by atoms with E-state index >= 15 is 0 Å². The number of fused-ring (bicyclic) bond motifs is 7. The SMILES string of the molecule is C1=Cc2cccc3c2C(C1)[C@@]31c2ccccc2-c2ccc(N(c3ccccc3)c3ccncc3)cc21. The largest absolute Gasteiger partial charge is 0.310 e. The van der Waals surface area contributed by atoms with Crippen LogP contribution in [0.5, 0.6) is 0 Å². The van der Waals surface area contributed by atoms with Crippen molar-refractivity contribution in [2.45, 2.75) is 17.8 Å². The lowest BCUT2D eigenvalue weighted by Gasteiger charge is -2.52. The van der Waals surface area contributed by atoms with E-state index in [1.807, 2.05) is 12.4 Å². The van der Waals surface area contributed by atoms with Crippen molar-refractivity contribution >= 4 is 23.1 Å². The third-order valence-corrected chi connectivity index (χ3v) is 8.37. The van der Waals surface area contributed by atoms with Crippen molar-refractivity contribution in [2.75, 3.05) is 4.90 Å². The van der Waals surface area contributed by atoms with Crippen LogP contribution in [-0.2, 0) is 5.41 Å². The van der Waals surface area contributed by atoms with Crippen LogP contribution in [0.3, 0.4) is 0 Å². The second-order valence-electron chi connectivity index (χ2n) is 9.96. The standard InChI is InChI=1S/C34H24N2/c1-2-10-24(11-3-1)36(25-18-20-35-21-19-25)26-16-17-28-27-12-4-5-13-29(27)34(32(28)22-26)30-14-6-8-23-9-7-15-31(34)33(23)30/h1-14,16-22,31H,15H2/t31?,34-/m1/s1. The minimum absolute atomic E-state index is 0.0986. The van der Waals surface area contributed by atoms with Gasteiger partial charge in [-0.25, -0.2) is 0 Å². The monoisotopic (exact) mass is 460 g/mol. The number of aromatic nitrogens is 1. The lowest BCUT2D eigenvalue weighted by molar-refractivity contribution is 0.417. The fourth-order valence-electron chi connectivity index (χ4n) is 7.04. The van der Waals surface area contributed by atoms with E-state index in [9.17, 15) is 0 Å². The van der Waals surface area contributed by atoms with E-state index < -0.39 is 0 Å². The van der Waals surface area contributed by atoms with Crippen molar-refractivity contribution in [1.82, 2.24) is 4.98 Å². The topological polar surface area (TPSA) is 16.1 Å². The maximum Gasteiger partial charge on any atom is 0.0539 e. The van der Waals surface area contributed by atoms with Crippen molar-refractivity contribution < 1.29 is 0 Å². The van der Waals surface area contributed by atoms with Crippen molar-refractivity contribution in [2.24, 2.45) is 0 Å². The highest BCUT2D eigenvalue weighted by Crippen LogP contribution is 2.68. The highest BCUT2D eigenvalue weighted by Gasteiger charge is 2.58. The van der Waals surface area contributed by atoms with Gasteiger partial charge in [-0.2, -0.15) is 0 Å². The number of benzene rings is 4. The third kappa shape index (κ3) is 2.43. The van der Waals surface area contributed by atoms with Crippen LogP contribution < -0.4 is 4.90 Å². The number of anilines is 3. The summed E-state index contributed by atoms with van der Waals surface area (Å²) in [5, 5.41) is 0. The summed E-state index contributed by atoms with van der Waals surface area (Å²) in [4.78, 5) is 6.62. The van der Waals surface area contributed by atoms with Gasteiger partial charge in [-0.3, -0.25) is 4.98 Å². The molecule has 1 spiro atoms. The molecular formula is C34H24N2. The first-order chi connectivity index (χ1) is 17.9. The number of allylic oxidation sites excluding steroid dienone is 1. The third-order valence-electron chi connectivity index (χ3n) is 8.37. The van der Waals surface area contributed by atoms with Crippen LogP contribution >= 0.6 is 0 Å². The van der Waals surface area contributed by atoms with Gasteiger partial charge in [0.2, 0.25) is 0 Å². The van der Waals surface area contributed by atoms with Crippen molar-refractivity contribution in [3.63, 3.8) is 0 Å². The van der Waals surface area contributed by atoms with E-state index in [1.54, 1.807) is 5.56 Å². The molecule has 3 aliphatic carbocycles. The van der Waals surface area contributed by atoms with E-state index in [0.717, 1.165) is 17.8 Å². The van der Waals surface area contributed by atoms with Crippen LogP contribution in [0.1, 0.15) is 40.2 Å². The van der Waals surface area contributed by atoms with Gasteiger partial charge < -0.3 is 4.90 Å². The fourth-order valence-corrected chi connectivity index (χ4v) is 7.04. The number of para-hydroxylation sites is 1. The number of pyridine rings is 1. The van der Waals surface area contributed by atoms with Crippen LogP contribution in [-0.4, -0.2) is 4.98 Å². The van der Waals surface area contributed by atoms with Gasteiger partial charge in [0.05, 0.1) is 5.41 Å². The predicted octanol–water partition coefficient (Wildman–Crippen LogP) is 8.38. The number of rotatable bonds is 3. The predicted molar refractivity (Wildman–Crippen MR) is 147 cm³/mol. The molecular weight excluding hydrogens is 436 g/mol. The molecule has 2 heteroatoms. The highest BCUT2D eigenvalue weighted by molar-refractivity contribution is 5.91. The molecule has 5 aromatic rings. The maximum atomic E-state index is 4.27. The second-order valence-corrected chi connectivity index (χ2v) is 9.96. The van der Waals surface area contributed by atoms with E-state index in [4.69, 9.17) is 0 Å². The fraction of sp³-hybridized carbons (Fsp3) is 0.0882. The van der Waals surface area contributed by atoms with Gasteiger partial charge >= 0.3 is 0 Å². The molecule has 1 heterocycles. The summed E-state index contributed by atoms with van der Waals surface area (Å²) in [6.45, 7) is 0. The average Bonchev–Trinajstić information content (AvgIpc) is 3.26. The Morgan fingerprint density at radius 1 is 0.639 bits per heavy atom. The van der Waals surface area contributed by atoms with Crippen molar-refractivity contribution in [3.05, 3.63) is 149 Å². The van der Waals surface area contributed by atoms with Gasteiger partial charge in [0, 0.05) is 35.4 Å². The van der Waals surface area contributed by atoms with Crippen LogP contribution in [0.4, 0.5) is 17.1 Å². The van der Waals surface area contributed by atoms with E-state index in [-0.39, 0.29) is 5.41 Å². The molecule has 4 aromatic carbocycles. The highest BCUT2D eigenvalue weighted by atomic mass is 15.1. The summed E-state index contributed by atoms with van der Waals surface area (Å²) < 4.78 is 0. The van der Waals surface area contributed by atoms with Gasteiger partial charge in [0.15, 0.2) is 0 Å². The minimum Gasteiger partial charge on any atom is -0.310 e. The number of hydrogen-bond donors (Lipinski definition) is 0. The molecule has 170 valence electrons. The van der Waals surface area contributed by atoms with Crippen molar-refractivity contribution in [3.8, 4) is 11.1 Å². The quantitative estimate of drug-likeness (QED) is 0.269. The molecule has 3 aliphatic rings. The zero-order chi connectivity index (χ0) is 23.7. The summed E-state index contributed by atoms with van der Waals surface area (Å²) in [5.74, 6) is 0.470. The molecule has 0 bridgehead atoms. The van der Waals surface area contributed by atoms with Gasteiger partial charge in [-0.1, -0.05) is 78.9 Å². The first-order valence-corrected chi connectivity index (χ1v) is 12.7. The summed E-state index contributed by atoms with van der Waals surface area (Å²) in [7, 11) is 0. The molecule has 1 aromatic heterocycles. The van der Waals surface area contributed by atoms with Gasteiger partial charge in [-0.05, 0) is 81.8 Å². The Morgan fingerprint density at radius 3 is 2.28 bits per heavy atom. The normalized spacial score (nSPS) is 19.8. The number of nitrogens with zero attached hydrogens (tertiary/aromatic N) is 2. The lowest BCUT2D eigenvalue weighted by Crippen LogP contribution is -2.45. The Hall–Kier alpha value is -4.43. The molecule has 8 rings (SSSR count). The van der Waals surface area contributed by atoms with Crippen LogP contribution in [0.15, 0.2) is 122 Å². The maximum absolute atomic E-state index is 4.27.